The van der Waals surface area contributed by atoms with Crippen molar-refractivity contribution in [3.63, 3.8) is 0 Å². The summed E-state index contributed by atoms with van der Waals surface area (Å²) in [5.74, 6) is 0.375. The van der Waals surface area contributed by atoms with Gasteiger partial charge < -0.3 is 10.2 Å². The molecule has 0 aliphatic carbocycles. The van der Waals surface area contributed by atoms with E-state index in [0.717, 1.165) is 26.2 Å². The predicted molar refractivity (Wildman–Crippen MR) is 72.0 cm³/mol. The number of hydrogen-bond donors (Lipinski definition) is 1. The summed E-state index contributed by atoms with van der Waals surface area (Å²) in [5, 5.41) is 3.32. The molecule has 0 aliphatic rings. The van der Waals surface area contributed by atoms with Crippen LogP contribution < -0.4 is 10.2 Å². The van der Waals surface area contributed by atoms with Gasteiger partial charge >= 0.3 is 0 Å². The summed E-state index contributed by atoms with van der Waals surface area (Å²) in [4.78, 5) is 2.09. The van der Waals surface area contributed by atoms with Crippen LogP contribution in [0.1, 0.15) is 20.8 Å². The maximum atomic E-state index is 13.7. The van der Waals surface area contributed by atoms with Gasteiger partial charge in [0, 0.05) is 13.1 Å². The molecule has 1 N–H and O–H groups in total. The average molecular weight is 238 g/mol. The molecule has 0 saturated heterocycles. The lowest BCUT2D eigenvalue weighted by Crippen LogP contribution is -2.33. The first-order valence-corrected chi connectivity index (χ1v) is 6.39. The fraction of sp³-hybridized carbons (Fsp3) is 0.571. The fourth-order valence-corrected chi connectivity index (χ4v) is 1.94. The fourth-order valence-electron chi connectivity index (χ4n) is 1.94. The van der Waals surface area contributed by atoms with E-state index in [0.29, 0.717) is 11.6 Å². The van der Waals surface area contributed by atoms with Crippen LogP contribution in [0.3, 0.4) is 0 Å². The third-order valence-electron chi connectivity index (χ3n) is 2.85. The average Bonchev–Trinajstić information content (AvgIpc) is 2.34. The summed E-state index contributed by atoms with van der Waals surface area (Å²) in [6, 6.07) is 6.98. The van der Waals surface area contributed by atoms with Gasteiger partial charge in [0.15, 0.2) is 0 Å². The minimum atomic E-state index is -0.134. The summed E-state index contributed by atoms with van der Waals surface area (Å²) in [6.07, 6.45) is 0. The number of hydrogen-bond acceptors (Lipinski definition) is 2. The van der Waals surface area contributed by atoms with Gasteiger partial charge in [0.1, 0.15) is 5.82 Å². The Morgan fingerprint density at radius 3 is 2.59 bits per heavy atom. The summed E-state index contributed by atoms with van der Waals surface area (Å²) < 4.78 is 13.7. The van der Waals surface area contributed by atoms with Crippen LogP contribution in [-0.2, 0) is 0 Å². The van der Waals surface area contributed by atoms with Gasteiger partial charge in [-0.05, 0) is 38.1 Å². The lowest BCUT2D eigenvalue weighted by atomic mass is 10.1. The van der Waals surface area contributed by atoms with Crippen LogP contribution in [0.5, 0.6) is 0 Å². The largest absolute Gasteiger partial charge is 0.369 e. The third-order valence-corrected chi connectivity index (χ3v) is 2.85. The number of benzene rings is 1. The lowest BCUT2D eigenvalue weighted by Gasteiger charge is -2.27. The van der Waals surface area contributed by atoms with Crippen LogP contribution in [0.2, 0.25) is 0 Å². The number of nitrogens with zero attached hydrogens (tertiary/aromatic N) is 1. The normalized spacial score (nSPS) is 12.5. The monoisotopic (exact) mass is 238 g/mol. The smallest absolute Gasteiger partial charge is 0.146 e. The van der Waals surface area contributed by atoms with E-state index in [1.165, 1.54) is 6.07 Å². The van der Waals surface area contributed by atoms with Crippen LogP contribution in [0.15, 0.2) is 24.3 Å². The summed E-state index contributed by atoms with van der Waals surface area (Å²) in [5.41, 5.74) is 0.707. The maximum absolute atomic E-state index is 13.7. The van der Waals surface area contributed by atoms with Gasteiger partial charge in [-0.2, -0.15) is 0 Å². The number of para-hydroxylation sites is 1. The Morgan fingerprint density at radius 1 is 1.29 bits per heavy atom. The Bertz CT molecular complexity index is 328. The van der Waals surface area contributed by atoms with E-state index < -0.39 is 0 Å². The molecule has 0 bridgehead atoms. The first-order valence-electron chi connectivity index (χ1n) is 6.39. The van der Waals surface area contributed by atoms with Crippen LogP contribution in [-0.4, -0.2) is 26.2 Å². The number of nitrogens with one attached hydrogen (secondary N) is 1. The van der Waals surface area contributed by atoms with Crippen molar-refractivity contribution in [3.8, 4) is 0 Å². The minimum absolute atomic E-state index is 0.134. The molecule has 0 heterocycles. The molecular formula is C14H23FN2. The van der Waals surface area contributed by atoms with Gasteiger partial charge in [-0.25, -0.2) is 4.39 Å². The minimum Gasteiger partial charge on any atom is -0.369 e. The second kappa shape index (κ2) is 7.28. The van der Waals surface area contributed by atoms with Gasteiger partial charge in [0.05, 0.1) is 5.69 Å². The second-order valence-corrected chi connectivity index (χ2v) is 4.40. The molecule has 0 saturated carbocycles. The molecule has 3 heteroatoms. The summed E-state index contributed by atoms with van der Waals surface area (Å²) in [6.45, 7) is 10.0. The van der Waals surface area contributed by atoms with Gasteiger partial charge in [-0.3, -0.25) is 0 Å². The predicted octanol–water partition coefficient (Wildman–Crippen LogP) is 2.90. The molecule has 96 valence electrons. The highest BCUT2D eigenvalue weighted by molar-refractivity contribution is 5.47. The van der Waals surface area contributed by atoms with Crippen LogP contribution >= 0.6 is 0 Å². The van der Waals surface area contributed by atoms with Crippen molar-refractivity contribution >= 4 is 5.69 Å². The van der Waals surface area contributed by atoms with Crippen LogP contribution in [0.4, 0.5) is 10.1 Å². The van der Waals surface area contributed by atoms with Crippen molar-refractivity contribution < 1.29 is 4.39 Å². The molecule has 1 atom stereocenters. The molecule has 1 aromatic rings. The Hall–Kier alpha value is -1.09. The van der Waals surface area contributed by atoms with Crippen molar-refractivity contribution in [1.29, 1.82) is 0 Å². The number of rotatable bonds is 7. The highest BCUT2D eigenvalue weighted by Gasteiger charge is 2.12. The van der Waals surface area contributed by atoms with E-state index in [9.17, 15) is 4.39 Å². The van der Waals surface area contributed by atoms with Crippen molar-refractivity contribution in [3.05, 3.63) is 30.1 Å². The zero-order valence-electron chi connectivity index (χ0n) is 11.0. The molecule has 0 aromatic heterocycles. The number of anilines is 1. The first kappa shape index (κ1) is 14.0. The Balaban J connectivity index is 2.62. The molecule has 1 unspecified atom stereocenters. The van der Waals surface area contributed by atoms with E-state index in [1.807, 2.05) is 12.1 Å². The number of halogens is 1. The lowest BCUT2D eigenvalue weighted by molar-refractivity contribution is 0.510. The van der Waals surface area contributed by atoms with Crippen LogP contribution in [0.25, 0.3) is 0 Å². The molecule has 1 aromatic carbocycles. The van der Waals surface area contributed by atoms with E-state index >= 15 is 0 Å². The highest BCUT2D eigenvalue weighted by Crippen LogP contribution is 2.19. The Kier molecular flexibility index (Phi) is 5.98. The molecule has 0 fully saturated rings. The molecule has 0 aliphatic heterocycles. The zero-order chi connectivity index (χ0) is 12.7. The zero-order valence-corrected chi connectivity index (χ0v) is 11.0. The van der Waals surface area contributed by atoms with E-state index in [1.54, 1.807) is 6.07 Å². The van der Waals surface area contributed by atoms with Gasteiger partial charge in [0.25, 0.3) is 0 Å². The van der Waals surface area contributed by atoms with E-state index in [2.05, 4.69) is 31.0 Å². The Morgan fingerprint density at radius 2 is 2.00 bits per heavy atom. The van der Waals surface area contributed by atoms with Crippen molar-refractivity contribution in [2.24, 2.45) is 5.92 Å². The van der Waals surface area contributed by atoms with Crippen molar-refractivity contribution in [1.82, 2.24) is 5.32 Å². The van der Waals surface area contributed by atoms with E-state index in [4.69, 9.17) is 0 Å². The molecule has 0 spiro atoms. The second-order valence-electron chi connectivity index (χ2n) is 4.40. The van der Waals surface area contributed by atoms with Crippen molar-refractivity contribution in [2.75, 3.05) is 31.1 Å². The van der Waals surface area contributed by atoms with Gasteiger partial charge in [-0.1, -0.05) is 26.0 Å². The molecular weight excluding hydrogens is 215 g/mol. The molecule has 0 amide bonds. The molecule has 0 radical (unpaired) electrons. The molecule has 1 rings (SSSR count). The maximum Gasteiger partial charge on any atom is 0.146 e. The van der Waals surface area contributed by atoms with E-state index in [-0.39, 0.29) is 5.82 Å². The highest BCUT2D eigenvalue weighted by atomic mass is 19.1. The Labute approximate surface area is 104 Å². The topological polar surface area (TPSA) is 15.3 Å². The van der Waals surface area contributed by atoms with Gasteiger partial charge in [-0.15, -0.1) is 0 Å². The molecule has 2 nitrogen and oxygen atoms in total. The summed E-state index contributed by atoms with van der Waals surface area (Å²) >= 11 is 0. The van der Waals surface area contributed by atoms with Gasteiger partial charge in [0.2, 0.25) is 0 Å². The summed E-state index contributed by atoms with van der Waals surface area (Å²) in [7, 11) is 0. The first-order chi connectivity index (χ1) is 8.19. The SMILES string of the molecule is CCNCC(C)CN(CC)c1ccccc1F. The van der Waals surface area contributed by atoms with Crippen LogP contribution in [0, 0.1) is 11.7 Å². The third kappa shape index (κ3) is 4.35. The molecule has 17 heavy (non-hydrogen) atoms. The standard InChI is InChI=1S/C14H23FN2/c1-4-16-10-12(3)11-17(5-2)14-9-7-6-8-13(14)15/h6-9,12,16H,4-5,10-11H2,1-3H3. The quantitative estimate of drug-likeness (QED) is 0.785. The van der Waals surface area contributed by atoms with Crippen molar-refractivity contribution in [2.45, 2.75) is 20.8 Å².